The Labute approximate surface area is 122 Å². The average Bonchev–Trinajstić information content (AvgIpc) is 2.47. The van der Waals surface area contributed by atoms with Gasteiger partial charge in [0, 0.05) is 18.8 Å². The number of likely N-dealkylation sites (N-methyl/N-ethyl adjacent to an activating group) is 1. The topological polar surface area (TPSA) is 58.4 Å². The Bertz CT molecular complexity index is 403. The molecule has 112 valence electrons. The first-order chi connectivity index (χ1) is 9.58. The number of nitrogens with one attached hydrogen (secondary N) is 1. The molecule has 4 nitrogen and oxygen atoms in total. The zero-order valence-corrected chi connectivity index (χ0v) is 12.9. The fraction of sp³-hybridized carbons (Fsp3) is 0.562. The largest absolute Gasteiger partial charge is 0.326 e. The van der Waals surface area contributed by atoms with E-state index in [9.17, 15) is 4.79 Å². The molecule has 0 spiro atoms. The Kier molecular flexibility index (Phi) is 7.26. The summed E-state index contributed by atoms with van der Waals surface area (Å²) in [6.45, 7) is 9.30. The smallest absolute Gasteiger partial charge is 0.238 e. The molecule has 1 unspecified atom stereocenters. The first kappa shape index (κ1) is 16.7. The molecule has 0 fully saturated rings. The third-order valence-electron chi connectivity index (χ3n) is 3.55. The van der Waals surface area contributed by atoms with E-state index in [1.165, 1.54) is 0 Å². The molecule has 0 saturated carbocycles. The van der Waals surface area contributed by atoms with Gasteiger partial charge in [0.05, 0.1) is 6.54 Å². The van der Waals surface area contributed by atoms with Crippen LogP contribution in [0, 0.1) is 5.92 Å². The third kappa shape index (κ3) is 5.72. The highest BCUT2D eigenvalue weighted by Crippen LogP contribution is 2.09. The number of anilines is 1. The van der Waals surface area contributed by atoms with E-state index in [-0.39, 0.29) is 5.91 Å². The number of rotatable bonds is 8. The van der Waals surface area contributed by atoms with Crippen LogP contribution in [0.5, 0.6) is 0 Å². The second-order valence-electron chi connectivity index (χ2n) is 5.29. The normalized spacial score (nSPS) is 12.4. The van der Waals surface area contributed by atoms with Crippen molar-refractivity contribution >= 4 is 11.6 Å². The van der Waals surface area contributed by atoms with Crippen molar-refractivity contribution in [1.29, 1.82) is 0 Å². The van der Waals surface area contributed by atoms with E-state index in [1.807, 2.05) is 24.3 Å². The van der Waals surface area contributed by atoms with Crippen LogP contribution < -0.4 is 11.1 Å². The maximum Gasteiger partial charge on any atom is 0.238 e. The molecular weight excluding hydrogens is 250 g/mol. The van der Waals surface area contributed by atoms with Crippen LogP contribution in [0.25, 0.3) is 0 Å². The number of nitrogens with zero attached hydrogens (tertiary/aromatic N) is 1. The predicted octanol–water partition coefficient (Wildman–Crippen LogP) is 2.45. The summed E-state index contributed by atoms with van der Waals surface area (Å²) in [6.07, 6.45) is 1.14. The second-order valence-corrected chi connectivity index (χ2v) is 5.29. The van der Waals surface area contributed by atoms with Crippen LogP contribution in [-0.4, -0.2) is 30.4 Å². The molecule has 1 atom stereocenters. The number of benzene rings is 1. The van der Waals surface area contributed by atoms with Crippen molar-refractivity contribution < 1.29 is 4.79 Å². The molecule has 0 aliphatic rings. The van der Waals surface area contributed by atoms with E-state index in [0.717, 1.165) is 30.8 Å². The summed E-state index contributed by atoms with van der Waals surface area (Å²) in [7, 11) is 0. The Morgan fingerprint density at radius 2 is 1.95 bits per heavy atom. The molecule has 0 saturated heterocycles. The van der Waals surface area contributed by atoms with Gasteiger partial charge in [-0.05, 0) is 30.2 Å². The second kappa shape index (κ2) is 8.72. The van der Waals surface area contributed by atoms with Crippen molar-refractivity contribution in [1.82, 2.24) is 4.90 Å². The van der Waals surface area contributed by atoms with E-state index in [2.05, 4.69) is 31.0 Å². The molecular formula is C16H27N3O. The van der Waals surface area contributed by atoms with Gasteiger partial charge in [-0.3, -0.25) is 9.69 Å². The molecule has 20 heavy (non-hydrogen) atoms. The SMILES string of the molecule is CCC(C)CN(CC)CC(=O)Nc1ccc(CN)cc1. The van der Waals surface area contributed by atoms with Gasteiger partial charge >= 0.3 is 0 Å². The van der Waals surface area contributed by atoms with Crippen molar-refractivity contribution in [2.24, 2.45) is 11.7 Å². The summed E-state index contributed by atoms with van der Waals surface area (Å²) in [4.78, 5) is 14.2. The van der Waals surface area contributed by atoms with Gasteiger partial charge in [0.2, 0.25) is 5.91 Å². The Morgan fingerprint density at radius 1 is 1.30 bits per heavy atom. The molecule has 1 rings (SSSR count). The van der Waals surface area contributed by atoms with Crippen molar-refractivity contribution in [3.05, 3.63) is 29.8 Å². The lowest BCUT2D eigenvalue weighted by atomic mass is 10.1. The number of nitrogens with two attached hydrogens (primary N) is 1. The van der Waals surface area contributed by atoms with Crippen LogP contribution in [0.2, 0.25) is 0 Å². The maximum atomic E-state index is 12.0. The maximum absolute atomic E-state index is 12.0. The van der Waals surface area contributed by atoms with Gasteiger partial charge in [0.1, 0.15) is 0 Å². The lowest BCUT2D eigenvalue weighted by Gasteiger charge is -2.23. The number of hydrogen-bond acceptors (Lipinski definition) is 3. The summed E-state index contributed by atoms with van der Waals surface area (Å²) in [5, 5.41) is 2.93. The van der Waals surface area contributed by atoms with Crippen LogP contribution in [0.3, 0.4) is 0 Å². The summed E-state index contributed by atoms with van der Waals surface area (Å²) >= 11 is 0. The molecule has 0 heterocycles. The van der Waals surface area contributed by atoms with Crippen LogP contribution >= 0.6 is 0 Å². The van der Waals surface area contributed by atoms with Gasteiger partial charge < -0.3 is 11.1 Å². The van der Waals surface area contributed by atoms with Gasteiger partial charge in [-0.1, -0.05) is 39.3 Å². The standard InChI is InChI=1S/C16H27N3O/c1-4-13(3)11-19(5-2)12-16(20)18-15-8-6-14(10-17)7-9-15/h6-9,13H,4-5,10-12,17H2,1-3H3,(H,18,20). The van der Waals surface area contributed by atoms with Crippen LogP contribution in [-0.2, 0) is 11.3 Å². The van der Waals surface area contributed by atoms with E-state index in [4.69, 9.17) is 5.73 Å². The minimum Gasteiger partial charge on any atom is -0.326 e. The summed E-state index contributed by atoms with van der Waals surface area (Å²) in [5.74, 6) is 0.655. The first-order valence-corrected chi connectivity index (χ1v) is 7.40. The molecule has 0 radical (unpaired) electrons. The summed E-state index contributed by atoms with van der Waals surface area (Å²) < 4.78 is 0. The van der Waals surface area contributed by atoms with Crippen LogP contribution in [0.1, 0.15) is 32.8 Å². The Balaban J connectivity index is 2.48. The fourth-order valence-electron chi connectivity index (χ4n) is 2.00. The molecule has 0 aliphatic heterocycles. The lowest BCUT2D eigenvalue weighted by molar-refractivity contribution is -0.117. The zero-order chi connectivity index (χ0) is 15.0. The quantitative estimate of drug-likeness (QED) is 0.767. The highest BCUT2D eigenvalue weighted by molar-refractivity contribution is 5.92. The van der Waals surface area contributed by atoms with E-state index in [1.54, 1.807) is 0 Å². The molecule has 1 aromatic rings. The number of amides is 1. The molecule has 3 N–H and O–H groups in total. The van der Waals surface area contributed by atoms with Crippen molar-refractivity contribution in [3.63, 3.8) is 0 Å². The highest BCUT2D eigenvalue weighted by Gasteiger charge is 2.11. The van der Waals surface area contributed by atoms with Gasteiger partial charge in [0.25, 0.3) is 0 Å². The predicted molar refractivity (Wildman–Crippen MR) is 84.5 cm³/mol. The van der Waals surface area contributed by atoms with Crippen molar-refractivity contribution in [3.8, 4) is 0 Å². The van der Waals surface area contributed by atoms with Crippen LogP contribution in [0.4, 0.5) is 5.69 Å². The minimum atomic E-state index is 0.0376. The molecule has 0 aromatic heterocycles. The van der Waals surface area contributed by atoms with Crippen molar-refractivity contribution in [2.45, 2.75) is 33.7 Å². The summed E-state index contributed by atoms with van der Waals surface area (Å²) in [6, 6.07) is 7.66. The number of carbonyl (C=O) groups excluding carboxylic acids is 1. The van der Waals surface area contributed by atoms with Crippen LogP contribution in [0.15, 0.2) is 24.3 Å². The Morgan fingerprint density at radius 3 is 2.45 bits per heavy atom. The fourth-order valence-corrected chi connectivity index (χ4v) is 2.00. The Hall–Kier alpha value is -1.39. The van der Waals surface area contributed by atoms with Crippen molar-refractivity contribution in [2.75, 3.05) is 25.0 Å². The van der Waals surface area contributed by atoms with Gasteiger partial charge in [-0.2, -0.15) is 0 Å². The van der Waals surface area contributed by atoms with E-state index < -0.39 is 0 Å². The first-order valence-electron chi connectivity index (χ1n) is 7.40. The monoisotopic (exact) mass is 277 g/mol. The van der Waals surface area contributed by atoms with Gasteiger partial charge in [0.15, 0.2) is 0 Å². The molecule has 1 amide bonds. The van der Waals surface area contributed by atoms with E-state index >= 15 is 0 Å². The molecule has 0 bridgehead atoms. The number of carbonyl (C=O) groups is 1. The molecule has 0 aliphatic carbocycles. The average molecular weight is 277 g/mol. The molecule has 1 aromatic carbocycles. The van der Waals surface area contributed by atoms with E-state index in [0.29, 0.717) is 19.0 Å². The zero-order valence-electron chi connectivity index (χ0n) is 12.9. The lowest BCUT2D eigenvalue weighted by Crippen LogP contribution is -2.35. The third-order valence-corrected chi connectivity index (χ3v) is 3.55. The minimum absolute atomic E-state index is 0.0376. The highest BCUT2D eigenvalue weighted by atomic mass is 16.2. The summed E-state index contributed by atoms with van der Waals surface area (Å²) in [5.41, 5.74) is 7.44. The number of hydrogen-bond donors (Lipinski definition) is 2. The molecule has 4 heteroatoms. The van der Waals surface area contributed by atoms with Gasteiger partial charge in [-0.25, -0.2) is 0 Å². The van der Waals surface area contributed by atoms with Gasteiger partial charge in [-0.15, -0.1) is 0 Å².